The van der Waals surface area contributed by atoms with E-state index in [1.807, 2.05) is 0 Å². The van der Waals surface area contributed by atoms with Gasteiger partial charge in [-0.3, -0.25) is 0 Å². The van der Waals surface area contributed by atoms with Crippen molar-refractivity contribution in [3.05, 3.63) is 0 Å². The number of hydrogen-bond acceptors (Lipinski definition) is 2. The molecule has 0 aromatic carbocycles. The van der Waals surface area contributed by atoms with E-state index >= 15 is 0 Å². The molecule has 0 aromatic heterocycles. The van der Waals surface area contributed by atoms with Crippen molar-refractivity contribution >= 4 is 6.03 Å². The second-order valence-corrected chi connectivity index (χ2v) is 6.06. The highest BCUT2D eigenvalue weighted by Crippen LogP contribution is 2.44. The average Bonchev–Trinajstić information content (AvgIpc) is 2.99. The van der Waals surface area contributed by atoms with E-state index in [0.29, 0.717) is 6.54 Å². The molecule has 0 saturated heterocycles. The highest BCUT2D eigenvalue weighted by molar-refractivity contribution is 5.73. The summed E-state index contributed by atoms with van der Waals surface area (Å²) in [5.74, 6) is 0.902. The maximum absolute atomic E-state index is 11.5. The van der Waals surface area contributed by atoms with Gasteiger partial charge in [-0.2, -0.15) is 0 Å². The molecule has 0 aromatic rings. The molecule has 0 atom stereocenters. The lowest BCUT2D eigenvalue weighted by molar-refractivity contribution is 0.203. The Bertz CT molecular complexity index is 271. The Morgan fingerprint density at radius 3 is 2.56 bits per heavy atom. The minimum absolute atomic E-state index is 0.00118. The van der Waals surface area contributed by atoms with Gasteiger partial charge in [-0.05, 0) is 31.6 Å². The van der Waals surface area contributed by atoms with E-state index < -0.39 is 0 Å². The molecule has 2 amide bonds. The van der Waals surface area contributed by atoms with Crippen molar-refractivity contribution < 1.29 is 9.90 Å². The highest BCUT2D eigenvalue weighted by atomic mass is 16.3. The smallest absolute Gasteiger partial charge is 0.314 e. The highest BCUT2D eigenvalue weighted by Gasteiger charge is 2.42. The van der Waals surface area contributed by atoms with Gasteiger partial charge in [0.05, 0.1) is 6.61 Å². The summed E-state index contributed by atoms with van der Waals surface area (Å²) in [4.78, 5) is 11.5. The van der Waals surface area contributed by atoms with Gasteiger partial charge in [-0.15, -0.1) is 0 Å². The summed E-state index contributed by atoms with van der Waals surface area (Å²) in [7, 11) is 0. The van der Waals surface area contributed by atoms with Crippen LogP contribution in [0.25, 0.3) is 0 Å². The summed E-state index contributed by atoms with van der Waals surface area (Å²) >= 11 is 0. The van der Waals surface area contributed by atoms with Crippen LogP contribution in [0, 0.1) is 11.3 Å². The van der Waals surface area contributed by atoms with Gasteiger partial charge >= 0.3 is 6.03 Å². The lowest BCUT2D eigenvalue weighted by Gasteiger charge is -2.14. The van der Waals surface area contributed by atoms with Gasteiger partial charge in [0.2, 0.25) is 0 Å². The zero-order valence-corrected chi connectivity index (χ0v) is 11.2. The zero-order valence-electron chi connectivity index (χ0n) is 11.2. The number of aliphatic hydroxyl groups is 1. The number of hydrogen-bond donors (Lipinski definition) is 3. The number of rotatable bonds is 7. The number of nitrogens with one attached hydrogen (secondary N) is 2. The molecule has 3 N–H and O–H groups in total. The fourth-order valence-electron chi connectivity index (χ4n) is 2.79. The van der Waals surface area contributed by atoms with Crippen molar-refractivity contribution in [3.8, 4) is 0 Å². The number of amides is 2. The fraction of sp³-hybridized carbons (Fsp3) is 0.929. The predicted octanol–water partition coefficient (Wildman–Crippen LogP) is 2.03. The summed E-state index contributed by atoms with van der Waals surface area (Å²) in [5, 5.41) is 14.9. The van der Waals surface area contributed by atoms with Gasteiger partial charge in [-0.1, -0.05) is 25.7 Å². The Morgan fingerprint density at radius 1 is 1.22 bits per heavy atom. The van der Waals surface area contributed by atoms with Crippen LogP contribution in [0.1, 0.15) is 51.4 Å². The summed E-state index contributed by atoms with van der Waals surface area (Å²) in [5.41, 5.74) is 0.00118. The summed E-state index contributed by atoms with van der Waals surface area (Å²) in [6, 6.07) is -0.0823. The first kappa shape index (κ1) is 13.7. The van der Waals surface area contributed by atoms with Gasteiger partial charge in [-0.25, -0.2) is 4.79 Å². The SMILES string of the molecule is O=C(NCCCC1CCCC1)NCC1(CO)CC1. The number of urea groups is 1. The van der Waals surface area contributed by atoms with Crippen LogP contribution < -0.4 is 10.6 Å². The van der Waals surface area contributed by atoms with E-state index in [1.54, 1.807) is 0 Å². The first-order valence-corrected chi connectivity index (χ1v) is 7.37. The minimum atomic E-state index is -0.0823. The van der Waals surface area contributed by atoms with Crippen molar-refractivity contribution in [1.29, 1.82) is 0 Å². The molecule has 18 heavy (non-hydrogen) atoms. The van der Waals surface area contributed by atoms with Crippen LogP contribution in [-0.2, 0) is 0 Å². The second kappa shape index (κ2) is 6.41. The van der Waals surface area contributed by atoms with Crippen LogP contribution >= 0.6 is 0 Å². The molecule has 0 aliphatic heterocycles. The molecule has 4 heteroatoms. The predicted molar refractivity (Wildman–Crippen MR) is 71.3 cm³/mol. The topological polar surface area (TPSA) is 61.4 Å². The third-order valence-corrected chi connectivity index (χ3v) is 4.47. The number of carbonyl (C=O) groups excluding carboxylic acids is 1. The molecule has 0 radical (unpaired) electrons. The van der Waals surface area contributed by atoms with Gasteiger partial charge in [0.25, 0.3) is 0 Å². The Balaban J connectivity index is 1.47. The minimum Gasteiger partial charge on any atom is -0.396 e. The monoisotopic (exact) mass is 254 g/mol. The third-order valence-electron chi connectivity index (χ3n) is 4.47. The van der Waals surface area contributed by atoms with Crippen LogP contribution in [0.4, 0.5) is 4.79 Å². The van der Waals surface area contributed by atoms with Crippen molar-refractivity contribution in [2.75, 3.05) is 19.7 Å². The summed E-state index contributed by atoms with van der Waals surface area (Å²) < 4.78 is 0. The van der Waals surface area contributed by atoms with E-state index in [4.69, 9.17) is 5.11 Å². The molecule has 2 fully saturated rings. The third kappa shape index (κ3) is 4.16. The first-order valence-electron chi connectivity index (χ1n) is 7.37. The van der Waals surface area contributed by atoms with Crippen molar-refractivity contribution in [3.63, 3.8) is 0 Å². The molecule has 0 bridgehead atoms. The van der Waals surface area contributed by atoms with Gasteiger partial charge in [0.15, 0.2) is 0 Å². The standard InChI is InChI=1S/C14H26N2O2/c17-11-14(7-8-14)10-16-13(18)15-9-3-6-12-4-1-2-5-12/h12,17H,1-11H2,(H2,15,16,18). The molecule has 0 spiro atoms. The van der Waals surface area contributed by atoms with Crippen LogP contribution in [0.3, 0.4) is 0 Å². The van der Waals surface area contributed by atoms with Gasteiger partial charge in [0, 0.05) is 18.5 Å². The maximum atomic E-state index is 11.5. The fourth-order valence-corrected chi connectivity index (χ4v) is 2.79. The average molecular weight is 254 g/mol. The Labute approximate surface area is 110 Å². The Morgan fingerprint density at radius 2 is 1.94 bits per heavy atom. The Hall–Kier alpha value is -0.770. The zero-order chi connectivity index (χ0) is 12.8. The molecule has 0 heterocycles. The lowest BCUT2D eigenvalue weighted by atomic mass is 10.0. The Kier molecular flexibility index (Phi) is 4.87. The van der Waals surface area contributed by atoms with Crippen LogP contribution in [0.15, 0.2) is 0 Å². The molecule has 2 aliphatic rings. The van der Waals surface area contributed by atoms with Crippen molar-refractivity contribution in [2.45, 2.75) is 51.4 Å². The second-order valence-electron chi connectivity index (χ2n) is 6.06. The largest absolute Gasteiger partial charge is 0.396 e. The van der Waals surface area contributed by atoms with Gasteiger partial charge < -0.3 is 15.7 Å². The van der Waals surface area contributed by atoms with E-state index in [0.717, 1.165) is 31.7 Å². The van der Waals surface area contributed by atoms with E-state index in [9.17, 15) is 4.79 Å². The first-order chi connectivity index (χ1) is 8.74. The van der Waals surface area contributed by atoms with Crippen LogP contribution in [0.5, 0.6) is 0 Å². The molecule has 0 unspecified atom stereocenters. The van der Waals surface area contributed by atoms with E-state index in [1.165, 1.54) is 32.1 Å². The van der Waals surface area contributed by atoms with Crippen molar-refractivity contribution in [2.24, 2.45) is 11.3 Å². The molecule has 2 saturated carbocycles. The van der Waals surface area contributed by atoms with Crippen molar-refractivity contribution in [1.82, 2.24) is 10.6 Å². The van der Waals surface area contributed by atoms with E-state index in [2.05, 4.69) is 10.6 Å². The molecule has 2 aliphatic carbocycles. The number of aliphatic hydroxyl groups excluding tert-OH is 1. The molecule has 2 rings (SSSR count). The lowest BCUT2D eigenvalue weighted by Crippen LogP contribution is -2.40. The normalized spacial score (nSPS) is 21.8. The number of carbonyl (C=O) groups is 1. The van der Waals surface area contributed by atoms with Crippen LogP contribution in [-0.4, -0.2) is 30.8 Å². The maximum Gasteiger partial charge on any atom is 0.314 e. The molecular formula is C14H26N2O2. The van der Waals surface area contributed by atoms with Gasteiger partial charge in [0.1, 0.15) is 0 Å². The molecule has 4 nitrogen and oxygen atoms in total. The summed E-state index contributed by atoms with van der Waals surface area (Å²) in [6.07, 6.45) is 9.95. The quantitative estimate of drug-likeness (QED) is 0.609. The summed E-state index contributed by atoms with van der Waals surface area (Å²) in [6.45, 7) is 1.57. The molecule has 104 valence electrons. The van der Waals surface area contributed by atoms with E-state index in [-0.39, 0.29) is 18.1 Å². The molecular weight excluding hydrogens is 228 g/mol. The van der Waals surface area contributed by atoms with Crippen LogP contribution in [0.2, 0.25) is 0 Å².